The van der Waals surface area contributed by atoms with Gasteiger partial charge in [-0.3, -0.25) is 0 Å². The van der Waals surface area contributed by atoms with Gasteiger partial charge in [-0.2, -0.15) is 0 Å². The summed E-state index contributed by atoms with van der Waals surface area (Å²) in [5.74, 6) is 0. The lowest BCUT2D eigenvalue weighted by molar-refractivity contribution is 0.0437. The van der Waals surface area contributed by atoms with Gasteiger partial charge in [-0.05, 0) is 12.8 Å². The maximum absolute atomic E-state index is 5.49. The molecule has 2 nitrogen and oxygen atoms in total. The first-order chi connectivity index (χ1) is 4.93. The van der Waals surface area contributed by atoms with Gasteiger partial charge >= 0.3 is 0 Å². The van der Waals surface area contributed by atoms with E-state index < -0.39 is 0 Å². The fourth-order valence-electron chi connectivity index (χ4n) is 0.949. The van der Waals surface area contributed by atoms with Gasteiger partial charge in [0.1, 0.15) is 0 Å². The third-order valence-corrected chi connectivity index (χ3v) is 2.08. The fourth-order valence-corrected chi connectivity index (χ4v) is 1.18. The molecule has 60 valence electrons. The SMILES string of the molecule is BrCCCO[C@@H]1CCOC1. The van der Waals surface area contributed by atoms with E-state index in [0.29, 0.717) is 6.10 Å². The van der Waals surface area contributed by atoms with Crippen molar-refractivity contribution in [3.63, 3.8) is 0 Å². The summed E-state index contributed by atoms with van der Waals surface area (Å²) in [6, 6.07) is 0. The van der Waals surface area contributed by atoms with Crippen LogP contribution in [-0.4, -0.2) is 31.3 Å². The first-order valence-corrected chi connectivity index (χ1v) is 4.81. The van der Waals surface area contributed by atoms with Crippen LogP contribution in [0, 0.1) is 0 Å². The summed E-state index contributed by atoms with van der Waals surface area (Å²) in [5.41, 5.74) is 0. The predicted octanol–water partition coefficient (Wildman–Crippen LogP) is 1.58. The van der Waals surface area contributed by atoms with E-state index >= 15 is 0 Å². The molecule has 1 aliphatic heterocycles. The van der Waals surface area contributed by atoms with Gasteiger partial charge in [-0.15, -0.1) is 0 Å². The van der Waals surface area contributed by atoms with Gasteiger partial charge in [0.15, 0.2) is 0 Å². The van der Waals surface area contributed by atoms with Crippen molar-refractivity contribution < 1.29 is 9.47 Å². The van der Waals surface area contributed by atoms with Crippen LogP contribution in [0.3, 0.4) is 0 Å². The first kappa shape index (κ1) is 8.50. The van der Waals surface area contributed by atoms with Gasteiger partial charge in [0.2, 0.25) is 0 Å². The summed E-state index contributed by atoms with van der Waals surface area (Å²) in [4.78, 5) is 0. The Bertz CT molecular complexity index is 81.7. The van der Waals surface area contributed by atoms with E-state index in [0.717, 1.165) is 38.0 Å². The van der Waals surface area contributed by atoms with Crippen LogP contribution in [0.1, 0.15) is 12.8 Å². The molecule has 1 fully saturated rings. The fraction of sp³-hybridized carbons (Fsp3) is 1.00. The monoisotopic (exact) mass is 208 g/mol. The van der Waals surface area contributed by atoms with Crippen LogP contribution in [0.25, 0.3) is 0 Å². The Labute approximate surface area is 70.0 Å². The zero-order chi connectivity index (χ0) is 7.23. The van der Waals surface area contributed by atoms with Crippen molar-refractivity contribution in [1.82, 2.24) is 0 Å². The lowest BCUT2D eigenvalue weighted by atomic mass is 10.3. The molecule has 0 radical (unpaired) electrons. The van der Waals surface area contributed by atoms with Gasteiger partial charge in [0, 0.05) is 18.5 Å². The van der Waals surface area contributed by atoms with Crippen LogP contribution in [0.5, 0.6) is 0 Å². The second-order valence-corrected chi connectivity index (χ2v) is 3.19. The van der Waals surface area contributed by atoms with Crippen molar-refractivity contribution in [2.75, 3.05) is 25.2 Å². The highest BCUT2D eigenvalue weighted by molar-refractivity contribution is 9.09. The van der Waals surface area contributed by atoms with Gasteiger partial charge in [-0.1, -0.05) is 15.9 Å². The first-order valence-electron chi connectivity index (χ1n) is 3.69. The molecule has 0 unspecified atom stereocenters. The molecule has 1 heterocycles. The zero-order valence-electron chi connectivity index (χ0n) is 6.01. The summed E-state index contributed by atoms with van der Waals surface area (Å²) >= 11 is 3.35. The summed E-state index contributed by atoms with van der Waals surface area (Å²) in [6.07, 6.45) is 2.54. The molecule has 0 aromatic heterocycles. The van der Waals surface area contributed by atoms with Gasteiger partial charge in [0.25, 0.3) is 0 Å². The summed E-state index contributed by atoms with van der Waals surface area (Å²) in [5, 5.41) is 1.03. The molecule has 10 heavy (non-hydrogen) atoms. The van der Waals surface area contributed by atoms with Crippen molar-refractivity contribution in [2.45, 2.75) is 18.9 Å². The standard InChI is InChI=1S/C7H13BrO2/c8-3-1-4-10-7-2-5-9-6-7/h7H,1-6H2/t7-/m1/s1. The van der Waals surface area contributed by atoms with Crippen LogP contribution in [-0.2, 0) is 9.47 Å². The quantitative estimate of drug-likeness (QED) is 0.517. The Balaban J connectivity index is 1.91. The number of ether oxygens (including phenoxy) is 2. The van der Waals surface area contributed by atoms with Crippen molar-refractivity contribution in [1.29, 1.82) is 0 Å². The topological polar surface area (TPSA) is 18.5 Å². The number of hydrogen-bond donors (Lipinski definition) is 0. The van der Waals surface area contributed by atoms with Crippen molar-refractivity contribution in [2.24, 2.45) is 0 Å². The molecule has 3 heteroatoms. The maximum Gasteiger partial charge on any atom is 0.0830 e. The highest BCUT2D eigenvalue weighted by Crippen LogP contribution is 2.08. The minimum Gasteiger partial charge on any atom is -0.379 e. The van der Waals surface area contributed by atoms with E-state index in [2.05, 4.69) is 15.9 Å². The zero-order valence-corrected chi connectivity index (χ0v) is 7.60. The summed E-state index contributed by atoms with van der Waals surface area (Å²) < 4.78 is 10.6. The van der Waals surface area contributed by atoms with E-state index in [-0.39, 0.29) is 0 Å². The number of halogens is 1. The van der Waals surface area contributed by atoms with Gasteiger partial charge < -0.3 is 9.47 Å². The molecular formula is C7H13BrO2. The highest BCUT2D eigenvalue weighted by Gasteiger charge is 2.14. The Kier molecular flexibility index (Phi) is 4.34. The number of rotatable bonds is 4. The normalized spacial score (nSPS) is 25.5. The van der Waals surface area contributed by atoms with Crippen molar-refractivity contribution in [3.8, 4) is 0 Å². The van der Waals surface area contributed by atoms with E-state index in [1.807, 2.05) is 0 Å². The average Bonchev–Trinajstić information content (AvgIpc) is 2.41. The second kappa shape index (κ2) is 5.10. The third-order valence-electron chi connectivity index (χ3n) is 1.52. The molecule has 1 rings (SSSR count). The molecule has 0 spiro atoms. The van der Waals surface area contributed by atoms with E-state index in [1.54, 1.807) is 0 Å². The minimum atomic E-state index is 0.374. The lowest BCUT2D eigenvalue weighted by Gasteiger charge is -2.07. The van der Waals surface area contributed by atoms with E-state index in [1.165, 1.54) is 0 Å². The molecule has 0 aromatic carbocycles. The highest BCUT2D eigenvalue weighted by atomic mass is 79.9. The van der Waals surface area contributed by atoms with Gasteiger partial charge in [-0.25, -0.2) is 0 Å². The lowest BCUT2D eigenvalue weighted by Crippen LogP contribution is -2.13. The smallest absolute Gasteiger partial charge is 0.0830 e. The molecule has 0 aliphatic carbocycles. The Morgan fingerprint density at radius 1 is 1.60 bits per heavy atom. The molecule has 1 atom stereocenters. The van der Waals surface area contributed by atoms with Crippen LogP contribution in [0.2, 0.25) is 0 Å². The third kappa shape index (κ3) is 2.99. The molecular weight excluding hydrogens is 196 g/mol. The van der Waals surface area contributed by atoms with Crippen LogP contribution in [0.4, 0.5) is 0 Å². The predicted molar refractivity (Wildman–Crippen MR) is 43.6 cm³/mol. The molecule has 0 aromatic rings. The van der Waals surface area contributed by atoms with Crippen molar-refractivity contribution >= 4 is 15.9 Å². The molecule has 0 bridgehead atoms. The maximum atomic E-state index is 5.49. The molecule has 0 N–H and O–H groups in total. The second-order valence-electron chi connectivity index (χ2n) is 2.40. The molecule has 1 saturated heterocycles. The van der Waals surface area contributed by atoms with Gasteiger partial charge in [0.05, 0.1) is 12.7 Å². The summed E-state index contributed by atoms with van der Waals surface area (Å²) in [7, 11) is 0. The molecule has 0 amide bonds. The minimum absolute atomic E-state index is 0.374. The van der Waals surface area contributed by atoms with E-state index in [9.17, 15) is 0 Å². The average molecular weight is 209 g/mol. The Morgan fingerprint density at radius 2 is 2.50 bits per heavy atom. The molecule has 1 aliphatic rings. The van der Waals surface area contributed by atoms with Crippen molar-refractivity contribution in [3.05, 3.63) is 0 Å². The Morgan fingerprint density at radius 3 is 3.10 bits per heavy atom. The van der Waals surface area contributed by atoms with Crippen LogP contribution < -0.4 is 0 Å². The Hall–Kier alpha value is 0.400. The van der Waals surface area contributed by atoms with E-state index in [4.69, 9.17) is 9.47 Å². The number of alkyl halides is 1. The van der Waals surface area contributed by atoms with Crippen LogP contribution in [0.15, 0.2) is 0 Å². The largest absolute Gasteiger partial charge is 0.379 e. The molecule has 0 saturated carbocycles. The summed E-state index contributed by atoms with van der Waals surface area (Å²) in [6.45, 7) is 2.53. The number of hydrogen-bond acceptors (Lipinski definition) is 2. The van der Waals surface area contributed by atoms with Crippen LogP contribution >= 0.6 is 15.9 Å².